The van der Waals surface area contributed by atoms with Crippen LogP contribution in [0.25, 0.3) is 10.4 Å². The molecule has 1 aliphatic heterocycles. The molecule has 0 aromatic rings. The monoisotopic (exact) mass is 301 g/mol. The first-order chi connectivity index (χ1) is 9.85. The molecule has 0 aromatic heterocycles. The first-order valence-corrected chi connectivity index (χ1v) is 6.02. The maximum atomic E-state index is 11.2. The number of esters is 3. The fourth-order valence-corrected chi connectivity index (χ4v) is 1.87. The van der Waals surface area contributed by atoms with Gasteiger partial charge in [-0.05, 0) is 5.53 Å². The van der Waals surface area contributed by atoms with Gasteiger partial charge in [0.2, 0.25) is 0 Å². The summed E-state index contributed by atoms with van der Waals surface area (Å²) in [5.41, 5.74) is 8.49. The number of nitrogens with zero attached hydrogens (tertiary/aromatic N) is 3. The van der Waals surface area contributed by atoms with Crippen LogP contribution in [0.3, 0.4) is 0 Å². The van der Waals surface area contributed by atoms with Crippen molar-refractivity contribution in [3.63, 3.8) is 0 Å². The molecule has 0 spiro atoms. The molecular formula is C11H15N3O7. The predicted octanol–water partition coefficient (Wildman–Crippen LogP) is 0.448. The van der Waals surface area contributed by atoms with E-state index in [9.17, 15) is 14.4 Å². The van der Waals surface area contributed by atoms with Crippen LogP contribution >= 0.6 is 0 Å². The Kier molecular flexibility index (Phi) is 5.94. The molecule has 0 unspecified atom stereocenters. The van der Waals surface area contributed by atoms with Gasteiger partial charge < -0.3 is 18.9 Å². The van der Waals surface area contributed by atoms with Crippen LogP contribution in [0.2, 0.25) is 0 Å². The van der Waals surface area contributed by atoms with Crippen molar-refractivity contribution < 1.29 is 33.3 Å². The van der Waals surface area contributed by atoms with Gasteiger partial charge in [-0.25, -0.2) is 0 Å². The Hall–Kier alpha value is -2.32. The van der Waals surface area contributed by atoms with Gasteiger partial charge in [-0.15, -0.1) is 0 Å². The summed E-state index contributed by atoms with van der Waals surface area (Å²) >= 11 is 0. The average Bonchev–Trinajstić information content (AvgIpc) is 2.35. The maximum absolute atomic E-state index is 11.2. The molecule has 21 heavy (non-hydrogen) atoms. The van der Waals surface area contributed by atoms with Crippen molar-refractivity contribution >= 4 is 17.9 Å². The number of azide groups is 1. The number of carbonyl (C=O) groups excluding carboxylic acids is 3. The van der Waals surface area contributed by atoms with Gasteiger partial charge in [0.15, 0.2) is 24.5 Å². The molecule has 1 fully saturated rings. The largest absolute Gasteiger partial charge is 0.456 e. The zero-order valence-electron chi connectivity index (χ0n) is 11.7. The van der Waals surface area contributed by atoms with Crippen molar-refractivity contribution in [3.05, 3.63) is 10.4 Å². The van der Waals surface area contributed by atoms with Crippen molar-refractivity contribution in [2.24, 2.45) is 5.11 Å². The second-order valence-corrected chi connectivity index (χ2v) is 4.22. The van der Waals surface area contributed by atoms with Crippen LogP contribution < -0.4 is 0 Å². The van der Waals surface area contributed by atoms with Gasteiger partial charge in [-0.3, -0.25) is 14.4 Å². The number of ether oxygens (including phenoxy) is 4. The second kappa shape index (κ2) is 7.46. The standard InChI is InChI=1S/C11H15N3O7/c1-5(15)19-8-4-18-11(13-14-12)10(21-7(3)17)9(8)20-6(2)16/h8-11H,4H2,1-3H3/t8-,9-,10+,11-/m0/s1. The van der Waals surface area contributed by atoms with Crippen molar-refractivity contribution in [2.75, 3.05) is 6.61 Å². The fourth-order valence-electron chi connectivity index (χ4n) is 1.87. The molecule has 0 bridgehead atoms. The first-order valence-electron chi connectivity index (χ1n) is 6.02. The fraction of sp³-hybridized carbons (Fsp3) is 0.727. The third-order valence-electron chi connectivity index (χ3n) is 2.49. The molecule has 0 aromatic carbocycles. The summed E-state index contributed by atoms with van der Waals surface area (Å²) < 4.78 is 20.2. The molecule has 4 atom stereocenters. The zero-order valence-corrected chi connectivity index (χ0v) is 11.7. The number of hydrogen-bond donors (Lipinski definition) is 0. The zero-order chi connectivity index (χ0) is 16.0. The minimum atomic E-state index is -1.21. The van der Waals surface area contributed by atoms with Crippen LogP contribution in [0.4, 0.5) is 0 Å². The predicted molar refractivity (Wildman–Crippen MR) is 65.5 cm³/mol. The minimum Gasteiger partial charge on any atom is -0.456 e. The smallest absolute Gasteiger partial charge is 0.303 e. The highest BCUT2D eigenvalue weighted by Crippen LogP contribution is 2.25. The highest BCUT2D eigenvalue weighted by atomic mass is 16.6. The summed E-state index contributed by atoms with van der Waals surface area (Å²) in [5, 5.41) is 3.34. The topological polar surface area (TPSA) is 137 Å². The molecule has 1 heterocycles. The molecule has 10 nitrogen and oxygen atoms in total. The number of rotatable bonds is 4. The van der Waals surface area contributed by atoms with E-state index in [0.29, 0.717) is 0 Å². The average molecular weight is 301 g/mol. The van der Waals surface area contributed by atoms with E-state index in [4.69, 9.17) is 24.5 Å². The van der Waals surface area contributed by atoms with E-state index in [2.05, 4.69) is 10.0 Å². The third-order valence-corrected chi connectivity index (χ3v) is 2.49. The normalized spacial score (nSPS) is 28.0. The van der Waals surface area contributed by atoms with Gasteiger partial charge in [0.05, 0.1) is 6.61 Å². The number of hydrogen-bond acceptors (Lipinski definition) is 8. The molecule has 1 rings (SSSR count). The van der Waals surface area contributed by atoms with E-state index in [1.165, 1.54) is 6.92 Å². The van der Waals surface area contributed by atoms with Crippen molar-refractivity contribution in [1.82, 2.24) is 0 Å². The van der Waals surface area contributed by atoms with Crippen LogP contribution in [0.1, 0.15) is 20.8 Å². The molecule has 0 amide bonds. The lowest BCUT2D eigenvalue weighted by atomic mass is 10.0. The van der Waals surface area contributed by atoms with Gasteiger partial charge in [0.25, 0.3) is 0 Å². The Morgan fingerprint density at radius 2 is 1.57 bits per heavy atom. The van der Waals surface area contributed by atoms with E-state index >= 15 is 0 Å². The Balaban J connectivity index is 3.05. The molecule has 1 saturated heterocycles. The molecule has 116 valence electrons. The van der Waals surface area contributed by atoms with E-state index in [-0.39, 0.29) is 6.61 Å². The molecule has 0 saturated carbocycles. The molecular weight excluding hydrogens is 286 g/mol. The van der Waals surface area contributed by atoms with Crippen molar-refractivity contribution in [3.8, 4) is 0 Å². The highest BCUT2D eigenvalue weighted by Gasteiger charge is 2.46. The molecule has 0 aliphatic carbocycles. The van der Waals surface area contributed by atoms with E-state index in [0.717, 1.165) is 13.8 Å². The summed E-state index contributed by atoms with van der Waals surface area (Å²) in [6.07, 6.45) is -4.49. The van der Waals surface area contributed by atoms with Crippen LogP contribution in [0.15, 0.2) is 5.11 Å². The highest BCUT2D eigenvalue weighted by molar-refractivity contribution is 5.68. The number of carbonyl (C=O) groups is 3. The quantitative estimate of drug-likeness (QED) is 0.241. The molecule has 0 N–H and O–H groups in total. The first kappa shape index (κ1) is 16.7. The van der Waals surface area contributed by atoms with Gasteiger partial charge in [-0.2, -0.15) is 0 Å². The lowest BCUT2D eigenvalue weighted by molar-refractivity contribution is -0.224. The summed E-state index contributed by atoms with van der Waals surface area (Å²) in [4.78, 5) is 36.0. The van der Waals surface area contributed by atoms with Gasteiger partial charge in [0.1, 0.15) is 0 Å². The Bertz CT molecular complexity index is 474. The van der Waals surface area contributed by atoms with Crippen molar-refractivity contribution in [2.45, 2.75) is 45.3 Å². The lowest BCUT2D eigenvalue weighted by Gasteiger charge is -2.38. The van der Waals surface area contributed by atoms with Crippen LogP contribution in [-0.2, 0) is 33.3 Å². The van der Waals surface area contributed by atoms with Crippen LogP contribution in [-0.4, -0.2) is 49.1 Å². The molecule has 1 aliphatic rings. The van der Waals surface area contributed by atoms with Gasteiger partial charge in [0, 0.05) is 25.7 Å². The Labute approximate surface area is 119 Å². The molecule has 10 heteroatoms. The second-order valence-electron chi connectivity index (χ2n) is 4.22. The lowest BCUT2D eigenvalue weighted by Crippen LogP contribution is -2.56. The van der Waals surface area contributed by atoms with Crippen LogP contribution in [0.5, 0.6) is 0 Å². The van der Waals surface area contributed by atoms with Gasteiger partial charge in [-0.1, -0.05) is 5.11 Å². The van der Waals surface area contributed by atoms with E-state index < -0.39 is 42.4 Å². The summed E-state index contributed by atoms with van der Waals surface area (Å²) in [6, 6.07) is 0. The Morgan fingerprint density at radius 3 is 2.05 bits per heavy atom. The van der Waals surface area contributed by atoms with E-state index in [1.54, 1.807) is 0 Å². The SMILES string of the molecule is CC(=O)O[C@@H]1[C@@H](OC(C)=O)[C@@H](N=[N+]=[N-])OC[C@@H]1OC(C)=O. The van der Waals surface area contributed by atoms with Crippen molar-refractivity contribution in [1.29, 1.82) is 0 Å². The van der Waals surface area contributed by atoms with E-state index in [1.807, 2.05) is 0 Å². The Morgan fingerprint density at radius 1 is 1.05 bits per heavy atom. The minimum absolute atomic E-state index is 0.168. The third kappa shape index (κ3) is 4.93. The molecule has 0 radical (unpaired) electrons. The summed E-state index contributed by atoms with van der Waals surface area (Å²) in [7, 11) is 0. The maximum Gasteiger partial charge on any atom is 0.303 e. The van der Waals surface area contributed by atoms with Crippen LogP contribution in [0, 0.1) is 0 Å². The summed E-state index contributed by atoms with van der Waals surface area (Å²) in [5.74, 6) is -1.98. The van der Waals surface area contributed by atoms with Gasteiger partial charge >= 0.3 is 17.9 Å². The summed E-state index contributed by atoms with van der Waals surface area (Å²) in [6.45, 7) is 3.28.